The van der Waals surface area contributed by atoms with Crippen molar-refractivity contribution in [3.05, 3.63) is 17.7 Å². The normalized spacial score (nSPS) is 16.5. The van der Waals surface area contributed by atoms with Crippen molar-refractivity contribution in [3.63, 3.8) is 0 Å². The molecule has 116 valence electrons. The van der Waals surface area contributed by atoms with Crippen molar-refractivity contribution in [2.45, 2.75) is 18.9 Å². The molecule has 0 radical (unpaired) electrons. The van der Waals surface area contributed by atoms with Gasteiger partial charge < -0.3 is 19.3 Å². The lowest BCUT2D eigenvalue weighted by atomic mass is 10.0. The molecule has 1 saturated heterocycles. The Morgan fingerprint density at radius 1 is 1.10 bits per heavy atom. The average molecular weight is 295 g/mol. The molecule has 6 nitrogen and oxygen atoms in total. The van der Waals surface area contributed by atoms with E-state index in [-0.39, 0.29) is 0 Å². The molecule has 2 rings (SSSR count). The predicted molar refractivity (Wildman–Crippen MR) is 77.3 cm³/mol. The van der Waals surface area contributed by atoms with Crippen LogP contribution in [0, 0.1) is 0 Å². The Hall–Kier alpha value is -1.95. The molecule has 1 atom stereocenters. The molecule has 0 bridgehead atoms. The number of aliphatic carboxylic acids is 1. The fraction of sp³-hybridized carbons (Fsp3) is 0.533. The smallest absolute Gasteiger partial charge is 0.325 e. The fourth-order valence-corrected chi connectivity index (χ4v) is 2.83. The van der Waals surface area contributed by atoms with E-state index in [9.17, 15) is 9.90 Å². The van der Waals surface area contributed by atoms with Gasteiger partial charge in [-0.3, -0.25) is 9.69 Å². The van der Waals surface area contributed by atoms with Gasteiger partial charge in [0, 0.05) is 5.56 Å². The predicted octanol–water partition coefficient (Wildman–Crippen LogP) is 1.93. The van der Waals surface area contributed by atoms with Gasteiger partial charge in [0.15, 0.2) is 11.5 Å². The Bertz CT molecular complexity index is 511. The highest BCUT2D eigenvalue weighted by Crippen LogP contribution is 2.43. The number of nitrogens with zero attached hydrogens (tertiary/aromatic N) is 1. The maximum atomic E-state index is 11.7. The van der Waals surface area contributed by atoms with Crippen LogP contribution >= 0.6 is 0 Å². The third kappa shape index (κ3) is 2.90. The largest absolute Gasteiger partial charge is 0.493 e. The Kier molecular flexibility index (Phi) is 4.90. The molecular weight excluding hydrogens is 274 g/mol. The second-order valence-corrected chi connectivity index (χ2v) is 4.91. The maximum Gasteiger partial charge on any atom is 0.325 e. The summed E-state index contributed by atoms with van der Waals surface area (Å²) in [6.45, 7) is 1.54. The molecule has 1 heterocycles. The lowest BCUT2D eigenvalue weighted by Gasteiger charge is -2.26. The first-order chi connectivity index (χ1) is 10.1. The van der Waals surface area contributed by atoms with Crippen LogP contribution in [0.1, 0.15) is 24.4 Å². The second kappa shape index (κ2) is 6.67. The number of hydrogen-bond donors (Lipinski definition) is 1. The third-order valence-corrected chi connectivity index (χ3v) is 3.77. The van der Waals surface area contributed by atoms with Crippen LogP contribution in [0.2, 0.25) is 0 Å². The molecule has 0 amide bonds. The van der Waals surface area contributed by atoms with Crippen molar-refractivity contribution in [3.8, 4) is 17.2 Å². The summed E-state index contributed by atoms with van der Waals surface area (Å²) in [6.07, 6.45) is 2.03. The first-order valence-corrected chi connectivity index (χ1v) is 6.89. The molecule has 1 aromatic carbocycles. The molecule has 6 heteroatoms. The molecular formula is C15H21NO5. The van der Waals surface area contributed by atoms with E-state index in [1.54, 1.807) is 12.1 Å². The van der Waals surface area contributed by atoms with E-state index in [1.165, 1.54) is 21.3 Å². The zero-order chi connectivity index (χ0) is 15.4. The van der Waals surface area contributed by atoms with Gasteiger partial charge in [0.2, 0.25) is 5.75 Å². The van der Waals surface area contributed by atoms with E-state index in [4.69, 9.17) is 14.2 Å². The fourth-order valence-electron chi connectivity index (χ4n) is 2.83. The van der Waals surface area contributed by atoms with Gasteiger partial charge in [-0.2, -0.15) is 0 Å². The van der Waals surface area contributed by atoms with Crippen LogP contribution in [-0.2, 0) is 4.79 Å². The number of methoxy groups -OCH3 is 3. The number of carboxylic acids is 1. The monoisotopic (exact) mass is 295 g/mol. The van der Waals surface area contributed by atoms with Crippen molar-refractivity contribution in [2.75, 3.05) is 34.4 Å². The van der Waals surface area contributed by atoms with Crippen molar-refractivity contribution >= 4 is 5.97 Å². The zero-order valence-electron chi connectivity index (χ0n) is 12.6. The Morgan fingerprint density at radius 3 is 2.19 bits per heavy atom. The number of ether oxygens (including phenoxy) is 3. The summed E-state index contributed by atoms with van der Waals surface area (Å²) in [7, 11) is 4.55. The first kappa shape index (κ1) is 15.4. The lowest BCUT2D eigenvalue weighted by Crippen LogP contribution is -2.32. The minimum absolute atomic E-state index is 0.413. The van der Waals surface area contributed by atoms with Gasteiger partial charge in [-0.25, -0.2) is 0 Å². The SMILES string of the molecule is COc1ccc(C(C(=O)O)N2CCCC2)c(OC)c1OC. The molecule has 0 saturated carbocycles. The van der Waals surface area contributed by atoms with Crippen LogP contribution in [0.15, 0.2) is 12.1 Å². The van der Waals surface area contributed by atoms with E-state index < -0.39 is 12.0 Å². The Balaban J connectivity index is 2.51. The van der Waals surface area contributed by atoms with E-state index >= 15 is 0 Å². The number of carbonyl (C=O) groups is 1. The number of benzene rings is 1. The first-order valence-electron chi connectivity index (χ1n) is 6.89. The van der Waals surface area contributed by atoms with Crippen molar-refractivity contribution in [1.82, 2.24) is 4.90 Å². The van der Waals surface area contributed by atoms with Crippen molar-refractivity contribution in [1.29, 1.82) is 0 Å². The molecule has 1 aliphatic heterocycles. The van der Waals surface area contributed by atoms with Gasteiger partial charge in [-0.05, 0) is 38.1 Å². The maximum absolute atomic E-state index is 11.7. The molecule has 1 unspecified atom stereocenters. The summed E-state index contributed by atoms with van der Waals surface area (Å²) in [5, 5.41) is 9.63. The summed E-state index contributed by atoms with van der Waals surface area (Å²) in [6, 6.07) is 2.71. The highest BCUT2D eigenvalue weighted by atomic mass is 16.5. The zero-order valence-corrected chi connectivity index (χ0v) is 12.6. The molecule has 0 aromatic heterocycles. The summed E-state index contributed by atoms with van der Waals surface area (Å²) in [5.41, 5.74) is 0.588. The number of hydrogen-bond acceptors (Lipinski definition) is 5. The Morgan fingerprint density at radius 2 is 1.71 bits per heavy atom. The summed E-state index contributed by atoms with van der Waals surface area (Å²) < 4.78 is 16.0. The summed E-state index contributed by atoms with van der Waals surface area (Å²) >= 11 is 0. The molecule has 0 aliphatic carbocycles. The molecule has 21 heavy (non-hydrogen) atoms. The number of carboxylic acid groups (broad SMARTS) is 1. The number of rotatable bonds is 6. The van der Waals surface area contributed by atoms with Gasteiger partial charge in [-0.15, -0.1) is 0 Å². The standard InChI is InChI=1S/C15H21NO5/c1-19-11-7-6-10(13(20-2)14(11)21-3)12(15(17)18)16-8-4-5-9-16/h6-7,12H,4-5,8-9H2,1-3H3,(H,17,18). The Labute approximate surface area is 124 Å². The third-order valence-electron chi connectivity index (χ3n) is 3.77. The molecule has 1 aliphatic rings. The summed E-state index contributed by atoms with van der Waals surface area (Å²) in [4.78, 5) is 13.7. The van der Waals surface area contributed by atoms with Crippen molar-refractivity contribution < 1.29 is 24.1 Å². The highest BCUT2D eigenvalue weighted by molar-refractivity contribution is 5.78. The van der Waals surface area contributed by atoms with Gasteiger partial charge in [0.1, 0.15) is 6.04 Å². The molecule has 1 N–H and O–H groups in total. The van der Waals surface area contributed by atoms with E-state index in [1.807, 2.05) is 4.90 Å². The van der Waals surface area contributed by atoms with Crippen LogP contribution in [0.5, 0.6) is 17.2 Å². The lowest BCUT2D eigenvalue weighted by molar-refractivity contribution is -0.143. The van der Waals surface area contributed by atoms with Crippen LogP contribution in [-0.4, -0.2) is 50.4 Å². The topological polar surface area (TPSA) is 68.2 Å². The molecule has 1 fully saturated rings. The number of likely N-dealkylation sites (tertiary alicyclic amines) is 1. The van der Waals surface area contributed by atoms with E-state index in [0.717, 1.165) is 25.9 Å². The van der Waals surface area contributed by atoms with Crippen molar-refractivity contribution in [2.24, 2.45) is 0 Å². The minimum atomic E-state index is -0.887. The van der Waals surface area contributed by atoms with Gasteiger partial charge in [0.05, 0.1) is 21.3 Å². The van der Waals surface area contributed by atoms with Gasteiger partial charge in [0.25, 0.3) is 0 Å². The quantitative estimate of drug-likeness (QED) is 0.865. The van der Waals surface area contributed by atoms with Gasteiger partial charge >= 0.3 is 5.97 Å². The van der Waals surface area contributed by atoms with E-state index in [2.05, 4.69) is 0 Å². The van der Waals surface area contributed by atoms with E-state index in [0.29, 0.717) is 22.8 Å². The average Bonchev–Trinajstić information content (AvgIpc) is 3.00. The van der Waals surface area contributed by atoms with Crippen LogP contribution < -0.4 is 14.2 Å². The molecule has 1 aromatic rings. The molecule has 0 spiro atoms. The van der Waals surface area contributed by atoms with Crippen LogP contribution in [0.25, 0.3) is 0 Å². The highest BCUT2D eigenvalue weighted by Gasteiger charge is 2.33. The minimum Gasteiger partial charge on any atom is -0.493 e. The summed E-state index contributed by atoms with van der Waals surface area (Å²) in [5.74, 6) is 0.463. The van der Waals surface area contributed by atoms with Crippen LogP contribution in [0.4, 0.5) is 0 Å². The van der Waals surface area contributed by atoms with Crippen LogP contribution in [0.3, 0.4) is 0 Å². The second-order valence-electron chi connectivity index (χ2n) is 4.91. The van der Waals surface area contributed by atoms with Gasteiger partial charge in [-0.1, -0.05) is 0 Å².